The average molecular weight is 309 g/mol. The minimum atomic E-state index is 0.194. The van der Waals surface area contributed by atoms with Crippen LogP contribution in [0.5, 0.6) is 0 Å². The molecule has 0 atom stereocenters. The standard InChI is InChI=1S/C17H25ClN2O/c1-20(12-14-11-15(19)8-9-16(14)18)17(21)10-7-13-5-3-2-4-6-13/h8-9,11,13H,2-7,10,12,19H2,1H3. The third kappa shape index (κ3) is 4.92. The molecule has 1 amide bonds. The molecule has 2 rings (SSSR count). The first-order valence-electron chi connectivity index (χ1n) is 7.84. The van der Waals surface area contributed by atoms with Crippen molar-refractivity contribution in [2.24, 2.45) is 5.92 Å². The van der Waals surface area contributed by atoms with Gasteiger partial charge < -0.3 is 10.6 Å². The van der Waals surface area contributed by atoms with Gasteiger partial charge in [0.2, 0.25) is 5.91 Å². The van der Waals surface area contributed by atoms with Gasteiger partial charge in [0, 0.05) is 30.7 Å². The second-order valence-corrected chi connectivity index (χ2v) is 6.55. The van der Waals surface area contributed by atoms with Gasteiger partial charge in [-0.3, -0.25) is 4.79 Å². The summed E-state index contributed by atoms with van der Waals surface area (Å²) < 4.78 is 0. The molecule has 1 aromatic carbocycles. The summed E-state index contributed by atoms with van der Waals surface area (Å²) >= 11 is 6.15. The predicted molar refractivity (Wildman–Crippen MR) is 88.1 cm³/mol. The number of anilines is 1. The number of carbonyl (C=O) groups is 1. The topological polar surface area (TPSA) is 46.3 Å². The minimum absolute atomic E-state index is 0.194. The molecule has 1 aliphatic carbocycles. The SMILES string of the molecule is CN(Cc1cc(N)ccc1Cl)C(=O)CCC1CCCCC1. The highest BCUT2D eigenvalue weighted by atomic mass is 35.5. The molecular formula is C17H25ClN2O. The molecule has 1 saturated carbocycles. The number of nitrogens with zero attached hydrogens (tertiary/aromatic N) is 1. The molecule has 0 unspecified atom stereocenters. The van der Waals surface area contributed by atoms with Crippen LogP contribution in [0.15, 0.2) is 18.2 Å². The van der Waals surface area contributed by atoms with Gasteiger partial charge in [-0.05, 0) is 36.1 Å². The van der Waals surface area contributed by atoms with Gasteiger partial charge in [0.05, 0.1) is 0 Å². The van der Waals surface area contributed by atoms with Crippen molar-refractivity contribution in [2.45, 2.75) is 51.5 Å². The van der Waals surface area contributed by atoms with E-state index in [1.165, 1.54) is 32.1 Å². The Labute approximate surface area is 132 Å². The van der Waals surface area contributed by atoms with Crippen LogP contribution in [-0.4, -0.2) is 17.9 Å². The first kappa shape index (κ1) is 16.2. The summed E-state index contributed by atoms with van der Waals surface area (Å²) in [6.45, 7) is 0.521. The van der Waals surface area contributed by atoms with E-state index in [4.69, 9.17) is 17.3 Å². The smallest absolute Gasteiger partial charge is 0.222 e. The van der Waals surface area contributed by atoms with Gasteiger partial charge in [0.25, 0.3) is 0 Å². The zero-order chi connectivity index (χ0) is 15.2. The Morgan fingerprint density at radius 3 is 2.76 bits per heavy atom. The van der Waals surface area contributed by atoms with Crippen molar-refractivity contribution in [3.05, 3.63) is 28.8 Å². The highest BCUT2D eigenvalue weighted by Gasteiger charge is 2.17. The van der Waals surface area contributed by atoms with Crippen molar-refractivity contribution in [3.63, 3.8) is 0 Å². The zero-order valence-electron chi connectivity index (χ0n) is 12.8. The molecule has 2 N–H and O–H groups in total. The molecule has 0 aliphatic heterocycles. The van der Waals surface area contributed by atoms with E-state index in [1.54, 1.807) is 17.0 Å². The van der Waals surface area contributed by atoms with Gasteiger partial charge in [0.15, 0.2) is 0 Å². The second-order valence-electron chi connectivity index (χ2n) is 6.14. The quantitative estimate of drug-likeness (QED) is 0.827. The number of nitrogen functional groups attached to an aromatic ring is 1. The first-order chi connectivity index (χ1) is 10.1. The fraction of sp³-hybridized carbons (Fsp3) is 0.588. The maximum atomic E-state index is 12.2. The number of halogens is 1. The van der Waals surface area contributed by atoms with Crippen LogP contribution in [0.3, 0.4) is 0 Å². The molecule has 1 aliphatic rings. The largest absolute Gasteiger partial charge is 0.399 e. The minimum Gasteiger partial charge on any atom is -0.399 e. The highest BCUT2D eigenvalue weighted by molar-refractivity contribution is 6.31. The number of nitrogens with two attached hydrogens (primary N) is 1. The summed E-state index contributed by atoms with van der Waals surface area (Å²) in [5.74, 6) is 0.936. The third-order valence-corrected chi connectivity index (χ3v) is 4.76. The van der Waals surface area contributed by atoms with E-state index in [9.17, 15) is 4.79 Å². The molecule has 1 fully saturated rings. The van der Waals surface area contributed by atoms with E-state index >= 15 is 0 Å². The fourth-order valence-corrected chi connectivity index (χ4v) is 3.23. The van der Waals surface area contributed by atoms with Gasteiger partial charge in [-0.25, -0.2) is 0 Å². The lowest BCUT2D eigenvalue weighted by Crippen LogP contribution is -2.26. The number of hydrogen-bond acceptors (Lipinski definition) is 2. The molecule has 0 heterocycles. The molecule has 0 aromatic heterocycles. The van der Waals surface area contributed by atoms with Crippen molar-refractivity contribution in [3.8, 4) is 0 Å². The van der Waals surface area contributed by atoms with Crippen LogP contribution >= 0.6 is 11.6 Å². The van der Waals surface area contributed by atoms with Crippen molar-refractivity contribution in [2.75, 3.05) is 12.8 Å². The number of rotatable bonds is 5. The van der Waals surface area contributed by atoms with E-state index in [1.807, 2.05) is 13.1 Å². The van der Waals surface area contributed by atoms with Crippen molar-refractivity contribution in [1.29, 1.82) is 0 Å². The fourth-order valence-electron chi connectivity index (χ4n) is 3.05. The second kappa shape index (κ2) is 7.69. The Kier molecular flexibility index (Phi) is 5.92. The molecule has 116 valence electrons. The molecule has 21 heavy (non-hydrogen) atoms. The average Bonchev–Trinajstić information content (AvgIpc) is 2.49. The summed E-state index contributed by atoms with van der Waals surface area (Å²) in [4.78, 5) is 14.0. The highest BCUT2D eigenvalue weighted by Crippen LogP contribution is 2.27. The molecular weight excluding hydrogens is 284 g/mol. The van der Waals surface area contributed by atoms with Crippen LogP contribution in [0.25, 0.3) is 0 Å². The Hall–Kier alpha value is -1.22. The maximum Gasteiger partial charge on any atom is 0.222 e. The van der Waals surface area contributed by atoms with Crippen LogP contribution in [0.1, 0.15) is 50.5 Å². The Morgan fingerprint density at radius 2 is 2.05 bits per heavy atom. The van der Waals surface area contributed by atoms with E-state index in [0.29, 0.717) is 23.7 Å². The molecule has 4 heteroatoms. The monoisotopic (exact) mass is 308 g/mol. The van der Waals surface area contributed by atoms with Crippen LogP contribution < -0.4 is 5.73 Å². The van der Waals surface area contributed by atoms with Gasteiger partial charge >= 0.3 is 0 Å². The number of hydrogen-bond donors (Lipinski definition) is 1. The number of amides is 1. The molecule has 3 nitrogen and oxygen atoms in total. The molecule has 0 bridgehead atoms. The lowest BCUT2D eigenvalue weighted by molar-refractivity contribution is -0.130. The number of benzene rings is 1. The van der Waals surface area contributed by atoms with Crippen molar-refractivity contribution in [1.82, 2.24) is 4.90 Å². The molecule has 0 saturated heterocycles. The van der Waals surface area contributed by atoms with Crippen LogP contribution in [-0.2, 0) is 11.3 Å². The normalized spacial score (nSPS) is 15.9. The summed E-state index contributed by atoms with van der Waals surface area (Å²) in [5, 5.41) is 0.663. The van der Waals surface area contributed by atoms with E-state index in [-0.39, 0.29) is 5.91 Å². The van der Waals surface area contributed by atoms with Crippen LogP contribution in [0, 0.1) is 5.92 Å². The van der Waals surface area contributed by atoms with E-state index < -0.39 is 0 Å². The summed E-state index contributed by atoms with van der Waals surface area (Å²) in [7, 11) is 1.84. The van der Waals surface area contributed by atoms with Crippen LogP contribution in [0.2, 0.25) is 5.02 Å². The predicted octanol–water partition coefficient (Wildman–Crippen LogP) is 4.24. The van der Waals surface area contributed by atoms with E-state index in [2.05, 4.69) is 0 Å². The molecule has 0 spiro atoms. The molecule has 0 radical (unpaired) electrons. The third-order valence-electron chi connectivity index (χ3n) is 4.39. The lowest BCUT2D eigenvalue weighted by atomic mass is 9.86. The number of carbonyl (C=O) groups excluding carboxylic acids is 1. The van der Waals surface area contributed by atoms with Crippen LogP contribution in [0.4, 0.5) is 5.69 Å². The maximum absolute atomic E-state index is 12.2. The Balaban J connectivity index is 1.82. The van der Waals surface area contributed by atoms with E-state index in [0.717, 1.165) is 17.9 Å². The van der Waals surface area contributed by atoms with Gasteiger partial charge in [-0.15, -0.1) is 0 Å². The van der Waals surface area contributed by atoms with Crippen molar-refractivity contribution < 1.29 is 4.79 Å². The van der Waals surface area contributed by atoms with Gasteiger partial charge in [-0.1, -0.05) is 43.7 Å². The van der Waals surface area contributed by atoms with Gasteiger partial charge in [0.1, 0.15) is 0 Å². The summed E-state index contributed by atoms with van der Waals surface area (Å²) in [6, 6.07) is 5.40. The summed E-state index contributed by atoms with van der Waals surface area (Å²) in [6.07, 6.45) is 8.25. The Bertz CT molecular complexity index is 484. The zero-order valence-corrected chi connectivity index (χ0v) is 13.5. The summed E-state index contributed by atoms with van der Waals surface area (Å²) in [5.41, 5.74) is 7.36. The first-order valence-corrected chi connectivity index (χ1v) is 8.22. The van der Waals surface area contributed by atoms with Crippen molar-refractivity contribution >= 4 is 23.2 Å². The molecule has 1 aromatic rings. The lowest BCUT2D eigenvalue weighted by Gasteiger charge is -2.23. The van der Waals surface area contributed by atoms with Gasteiger partial charge in [-0.2, -0.15) is 0 Å². The Morgan fingerprint density at radius 1 is 1.33 bits per heavy atom.